The number of rotatable bonds is 3. The Morgan fingerprint density at radius 1 is 1.40 bits per heavy atom. The van der Waals surface area contributed by atoms with Crippen LogP contribution in [0.4, 0.5) is 5.69 Å². The summed E-state index contributed by atoms with van der Waals surface area (Å²) in [7, 11) is 5.48. The number of benzene rings is 1. The molecule has 1 heterocycles. The van der Waals surface area contributed by atoms with E-state index in [0.29, 0.717) is 17.2 Å². The minimum atomic E-state index is 0.301. The molecular weight excluding hydrogens is 274 g/mol. The second kappa shape index (κ2) is 5.56. The molecule has 0 spiro atoms. The molecular formula is C15H16ClN3O. The Balaban J connectivity index is 2.98. The zero-order valence-electron chi connectivity index (χ0n) is 12.0. The van der Waals surface area contributed by atoms with Crippen molar-refractivity contribution in [1.29, 1.82) is 5.26 Å². The molecule has 0 N–H and O–H groups in total. The van der Waals surface area contributed by atoms with E-state index in [1.807, 2.05) is 25.9 Å². The number of nitriles is 1. The van der Waals surface area contributed by atoms with Crippen molar-refractivity contribution >= 4 is 28.2 Å². The van der Waals surface area contributed by atoms with Crippen LogP contribution in [0, 0.1) is 18.3 Å². The van der Waals surface area contributed by atoms with Crippen molar-refractivity contribution in [1.82, 2.24) is 4.98 Å². The van der Waals surface area contributed by atoms with E-state index in [4.69, 9.17) is 21.6 Å². The Hall–Kier alpha value is -1.99. The van der Waals surface area contributed by atoms with E-state index in [1.54, 1.807) is 19.2 Å². The van der Waals surface area contributed by atoms with E-state index < -0.39 is 0 Å². The number of nitrogens with zero attached hydrogens (tertiary/aromatic N) is 3. The molecule has 0 aliphatic heterocycles. The third-order valence-electron chi connectivity index (χ3n) is 3.25. The summed E-state index contributed by atoms with van der Waals surface area (Å²) in [6.45, 7) is 1.90. The molecule has 4 nitrogen and oxygen atoms in total. The van der Waals surface area contributed by atoms with Gasteiger partial charge in [-0.15, -0.1) is 0 Å². The number of halogens is 1. The first kappa shape index (κ1) is 14.4. The minimum absolute atomic E-state index is 0.301. The van der Waals surface area contributed by atoms with Gasteiger partial charge < -0.3 is 9.64 Å². The fourth-order valence-corrected chi connectivity index (χ4v) is 2.63. The van der Waals surface area contributed by atoms with Crippen LogP contribution in [0.3, 0.4) is 0 Å². The van der Waals surface area contributed by atoms with Gasteiger partial charge in [0.2, 0.25) is 0 Å². The Labute approximate surface area is 123 Å². The van der Waals surface area contributed by atoms with Crippen molar-refractivity contribution < 1.29 is 4.74 Å². The van der Waals surface area contributed by atoms with Crippen molar-refractivity contribution in [2.24, 2.45) is 0 Å². The van der Waals surface area contributed by atoms with Gasteiger partial charge >= 0.3 is 0 Å². The topological polar surface area (TPSA) is 49.1 Å². The van der Waals surface area contributed by atoms with Crippen molar-refractivity contribution in [3.63, 3.8) is 0 Å². The molecule has 1 aromatic carbocycles. The summed E-state index contributed by atoms with van der Waals surface area (Å²) < 4.78 is 5.37. The Kier molecular flexibility index (Phi) is 4.01. The standard InChI is InChI=1S/C15H16ClN3O/c1-9-10(7-8-17)15(19(2)3)13-11(16)5-6-12(20-4)14(13)18-9/h5-6H,7H2,1-4H3. The zero-order valence-corrected chi connectivity index (χ0v) is 12.7. The first-order valence-electron chi connectivity index (χ1n) is 6.21. The van der Waals surface area contributed by atoms with E-state index in [0.717, 1.165) is 27.8 Å². The van der Waals surface area contributed by atoms with Crippen LogP contribution in [0.25, 0.3) is 10.9 Å². The second-order valence-corrected chi connectivity index (χ2v) is 5.13. The quantitative estimate of drug-likeness (QED) is 0.869. The molecule has 2 rings (SSSR count). The molecule has 0 unspecified atom stereocenters. The fourth-order valence-electron chi connectivity index (χ4n) is 2.39. The van der Waals surface area contributed by atoms with Crippen LogP contribution in [0.1, 0.15) is 11.3 Å². The van der Waals surface area contributed by atoms with Gasteiger partial charge in [0.05, 0.1) is 30.3 Å². The normalized spacial score (nSPS) is 10.4. The number of methoxy groups -OCH3 is 1. The zero-order chi connectivity index (χ0) is 14.9. The number of anilines is 1. The number of aromatic nitrogens is 1. The average Bonchev–Trinajstić information content (AvgIpc) is 2.40. The number of aryl methyl sites for hydroxylation is 1. The first-order chi connectivity index (χ1) is 9.51. The molecule has 0 aliphatic rings. The first-order valence-corrected chi connectivity index (χ1v) is 6.59. The maximum absolute atomic E-state index is 9.04. The van der Waals surface area contributed by atoms with E-state index >= 15 is 0 Å². The van der Waals surface area contributed by atoms with Crippen LogP contribution in [-0.4, -0.2) is 26.2 Å². The Morgan fingerprint density at radius 2 is 2.10 bits per heavy atom. The smallest absolute Gasteiger partial charge is 0.145 e. The summed E-state index contributed by atoms with van der Waals surface area (Å²) in [4.78, 5) is 6.55. The highest BCUT2D eigenvalue weighted by Gasteiger charge is 2.19. The highest BCUT2D eigenvalue weighted by atomic mass is 35.5. The number of fused-ring (bicyclic) bond motifs is 1. The summed E-state index contributed by atoms with van der Waals surface area (Å²) >= 11 is 6.35. The van der Waals surface area contributed by atoms with Gasteiger partial charge in [-0.2, -0.15) is 5.26 Å². The molecule has 0 amide bonds. The second-order valence-electron chi connectivity index (χ2n) is 4.73. The van der Waals surface area contributed by atoms with Gasteiger partial charge in [0.25, 0.3) is 0 Å². The summed E-state index contributed by atoms with van der Waals surface area (Å²) in [5.41, 5.74) is 3.38. The highest BCUT2D eigenvalue weighted by Crippen LogP contribution is 2.39. The lowest BCUT2D eigenvalue weighted by Crippen LogP contribution is -2.14. The monoisotopic (exact) mass is 289 g/mol. The summed E-state index contributed by atoms with van der Waals surface area (Å²) in [5.74, 6) is 0.680. The van der Waals surface area contributed by atoms with Crippen molar-refractivity contribution in [3.8, 4) is 11.8 Å². The number of hydrogen-bond donors (Lipinski definition) is 0. The van der Waals surface area contributed by atoms with Crippen molar-refractivity contribution in [2.75, 3.05) is 26.1 Å². The van der Waals surface area contributed by atoms with E-state index in [-0.39, 0.29) is 0 Å². The largest absolute Gasteiger partial charge is 0.494 e. The Bertz CT molecular complexity index is 705. The predicted molar refractivity (Wildman–Crippen MR) is 81.7 cm³/mol. The lowest BCUT2D eigenvalue weighted by atomic mass is 10.0. The number of ether oxygens (including phenoxy) is 1. The van der Waals surface area contributed by atoms with Crippen LogP contribution in [0.5, 0.6) is 5.75 Å². The summed E-state index contributed by atoms with van der Waals surface area (Å²) in [6, 6.07) is 5.79. The van der Waals surface area contributed by atoms with E-state index in [2.05, 4.69) is 11.1 Å². The van der Waals surface area contributed by atoms with Crippen LogP contribution in [0.2, 0.25) is 5.02 Å². The molecule has 0 aliphatic carbocycles. The Morgan fingerprint density at radius 3 is 2.65 bits per heavy atom. The molecule has 1 aromatic heterocycles. The maximum atomic E-state index is 9.04. The number of pyridine rings is 1. The molecule has 5 heteroatoms. The molecule has 0 saturated carbocycles. The van der Waals surface area contributed by atoms with Crippen LogP contribution in [0.15, 0.2) is 12.1 Å². The van der Waals surface area contributed by atoms with Gasteiger partial charge in [0.15, 0.2) is 0 Å². The molecule has 0 bridgehead atoms. The molecule has 0 saturated heterocycles. The van der Waals surface area contributed by atoms with Gasteiger partial charge in [-0.05, 0) is 19.1 Å². The highest BCUT2D eigenvalue weighted by molar-refractivity contribution is 6.36. The van der Waals surface area contributed by atoms with Crippen molar-refractivity contribution in [3.05, 3.63) is 28.4 Å². The summed E-state index contributed by atoms with van der Waals surface area (Å²) in [5, 5.41) is 10.5. The summed E-state index contributed by atoms with van der Waals surface area (Å²) in [6.07, 6.45) is 0.301. The van der Waals surface area contributed by atoms with Gasteiger partial charge in [-0.3, -0.25) is 0 Å². The number of hydrogen-bond acceptors (Lipinski definition) is 4. The molecule has 0 atom stereocenters. The van der Waals surface area contributed by atoms with Crippen LogP contribution < -0.4 is 9.64 Å². The van der Waals surface area contributed by atoms with Gasteiger partial charge in [0, 0.05) is 30.7 Å². The minimum Gasteiger partial charge on any atom is -0.494 e. The van der Waals surface area contributed by atoms with Crippen LogP contribution in [-0.2, 0) is 6.42 Å². The molecule has 0 fully saturated rings. The third-order valence-corrected chi connectivity index (χ3v) is 3.57. The lowest BCUT2D eigenvalue weighted by Gasteiger charge is -2.22. The van der Waals surface area contributed by atoms with E-state index in [9.17, 15) is 0 Å². The lowest BCUT2D eigenvalue weighted by molar-refractivity contribution is 0.419. The molecule has 2 aromatic rings. The van der Waals surface area contributed by atoms with Gasteiger partial charge in [0.1, 0.15) is 11.3 Å². The fraction of sp³-hybridized carbons (Fsp3) is 0.333. The third kappa shape index (κ3) is 2.25. The molecule has 0 radical (unpaired) electrons. The van der Waals surface area contributed by atoms with Crippen molar-refractivity contribution in [2.45, 2.75) is 13.3 Å². The van der Waals surface area contributed by atoms with E-state index in [1.165, 1.54) is 0 Å². The predicted octanol–water partition coefficient (Wildman–Crippen LogP) is 3.34. The molecule has 20 heavy (non-hydrogen) atoms. The van der Waals surface area contributed by atoms with Crippen LogP contribution >= 0.6 is 11.6 Å². The van der Waals surface area contributed by atoms with Gasteiger partial charge in [-0.1, -0.05) is 11.6 Å². The average molecular weight is 290 g/mol. The van der Waals surface area contributed by atoms with Gasteiger partial charge in [-0.25, -0.2) is 4.98 Å². The SMILES string of the molecule is COc1ccc(Cl)c2c(N(C)C)c(CC#N)c(C)nc12. The maximum Gasteiger partial charge on any atom is 0.145 e. The molecule has 104 valence electrons.